The quantitative estimate of drug-likeness (QED) is 0.589. The van der Waals surface area contributed by atoms with E-state index in [1.54, 1.807) is 0 Å². The highest BCUT2D eigenvalue weighted by molar-refractivity contribution is 14.1. The predicted octanol–water partition coefficient (Wildman–Crippen LogP) is 2.73. The van der Waals surface area contributed by atoms with Crippen molar-refractivity contribution in [3.8, 4) is 0 Å². The summed E-state index contributed by atoms with van der Waals surface area (Å²) in [7, 11) is 1.31. The summed E-state index contributed by atoms with van der Waals surface area (Å²) in [6.45, 7) is 0.375. The molecule has 0 unspecified atom stereocenters. The molecule has 0 aromatic heterocycles. The lowest BCUT2D eigenvalue weighted by atomic mass is 10.4. The first-order chi connectivity index (χ1) is 5.70. The minimum absolute atomic E-state index is 0.375. The molecular formula is C8H8ClIO2. The van der Waals surface area contributed by atoms with Crippen molar-refractivity contribution in [2.45, 2.75) is 0 Å². The van der Waals surface area contributed by atoms with Crippen molar-refractivity contribution in [3.05, 3.63) is 32.9 Å². The van der Waals surface area contributed by atoms with Crippen molar-refractivity contribution in [2.24, 2.45) is 0 Å². The van der Waals surface area contributed by atoms with Gasteiger partial charge in [0.2, 0.25) is 0 Å². The Kier molecular flexibility index (Phi) is 7.19. The summed E-state index contributed by atoms with van der Waals surface area (Å²) in [6.07, 6.45) is 0. The summed E-state index contributed by atoms with van der Waals surface area (Å²) in [5.41, 5.74) is 0. The smallest absolute Gasteiger partial charge is 0.292 e. The number of benzene rings is 1. The summed E-state index contributed by atoms with van der Waals surface area (Å²) < 4.78 is 5.08. The third kappa shape index (κ3) is 6.42. The number of ether oxygens (including phenoxy) is 1. The second kappa shape index (κ2) is 7.36. The van der Waals surface area contributed by atoms with Gasteiger partial charge >= 0.3 is 0 Å². The summed E-state index contributed by atoms with van der Waals surface area (Å²) in [5, 5.41) is 0.797. The van der Waals surface area contributed by atoms with Crippen LogP contribution in [0.3, 0.4) is 0 Å². The third-order valence-corrected chi connectivity index (χ3v) is 1.87. The number of methoxy groups -OCH3 is 1. The van der Waals surface area contributed by atoms with Crippen molar-refractivity contribution in [3.63, 3.8) is 0 Å². The van der Waals surface area contributed by atoms with Crippen molar-refractivity contribution in [1.82, 2.24) is 0 Å². The first-order valence-corrected chi connectivity index (χ1v) is 4.54. The number of halogens is 2. The van der Waals surface area contributed by atoms with Crippen LogP contribution in [-0.4, -0.2) is 13.6 Å². The molecule has 0 heterocycles. The van der Waals surface area contributed by atoms with E-state index in [0.717, 1.165) is 5.02 Å². The zero-order chi connectivity index (χ0) is 9.40. The van der Waals surface area contributed by atoms with Gasteiger partial charge in [-0.25, -0.2) is 0 Å². The van der Waals surface area contributed by atoms with Crippen LogP contribution in [0.15, 0.2) is 24.3 Å². The number of rotatable bonds is 1. The Balaban J connectivity index is 0.000000261. The van der Waals surface area contributed by atoms with Gasteiger partial charge in [0.15, 0.2) is 0 Å². The highest BCUT2D eigenvalue weighted by Gasteiger charge is 1.83. The third-order valence-electron chi connectivity index (χ3n) is 0.900. The van der Waals surface area contributed by atoms with Gasteiger partial charge in [-0.2, -0.15) is 0 Å². The maximum Gasteiger partial charge on any atom is 0.292 e. The van der Waals surface area contributed by atoms with E-state index in [-0.39, 0.29) is 0 Å². The van der Waals surface area contributed by atoms with Crippen LogP contribution in [0.1, 0.15) is 0 Å². The normalized spacial score (nSPS) is 7.92. The molecule has 2 nitrogen and oxygen atoms in total. The molecule has 0 bridgehead atoms. The molecule has 0 amide bonds. The average molecular weight is 299 g/mol. The second-order valence-corrected chi connectivity index (χ2v) is 3.45. The summed E-state index contributed by atoms with van der Waals surface area (Å²) in [4.78, 5) is 8.95. The van der Waals surface area contributed by atoms with E-state index in [2.05, 4.69) is 27.3 Å². The number of hydrogen-bond donors (Lipinski definition) is 0. The van der Waals surface area contributed by atoms with E-state index in [1.807, 2.05) is 24.3 Å². The number of carbonyl (C=O) groups excluding carboxylic acids is 1. The molecule has 0 N–H and O–H groups in total. The molecule has 0 spiro atoms. The summed E-state index contributed by atoms with van der Waals surface area (Å²) >= 11 is 7.85. The molecule has 0 saturated carbocycles. The Morgan fingerprint density at radius 2 is 1.83 bits per heavy atom. The van der Waals surface area contributed by atoms with Crippen molar-refractivity contribution >= 4 is 40.7 Å². The van der Waals surface area contributed by atoms with E-state index in [9.17, 15) is 0 Å². The fraction of sp³-hybridized carbons (Fsp3) is 0.125. The van der Waals surface area contributed by atoms with Gasteiger partial charge in [-0.1, -0.05) is 11.6 Å². The van der Waals surface area contributed by atoms with Crippen LogP contribution in [0.2, 0.25) is 5.02 Å². The topological polar surface area (TPSA) is 26.3 Å². The van der Waals surface area contributed by atoms with Gasteiger partial charge in [-0.15, -0.1) is 0 Å². The zero-order valence-electron chi connectivity index (χ0n) is 6.46. The lowest BCUT2D eigenvalue weighted by molar-refractivity contribution is -0.126. The first-order valence-electron chi connectivity index (χ1n) is 3.08. The van der Waals surface area contributed by atoms with Gasteiger partial charge in [0.05, 0.1) is 7.11 Å². The van der Waals surface area contributed by atoms with E-state index in [1.165, 1.54) is 10.7 Å². The van der Waals surface area contributed by atoms with Crippen molar-refractivity contribution in [2.75, 3.05) is 7.11 Å². The largest absolute Gasteiger partial charge is 0.471 e. The highest BCUT2D eigenvalue weighted by Crippen LogP contribution is 2.10. The van der Waals surface area contributed by atoms with Crippen molar-refractivity contribution < 1.29 is 9.53 Å². The van der Waals surface area contributed by atoms with Crippen LogP contribution in [0, 0.1) is 3.57 Å². The molecule has 0 saturated heterocycles. The van der Waals surface area contributed by atoms with Gasteiger partial charge < -0.3 is 4.74 Å². The minimum Gasteiger partial charge on any atom is -0.471 e. The predicted molar refractivity (Wildman–Crippen MR) is 57.2 cm³/mol. The monoisotopic (exact) mass is 298 g/mol. The molecule has 4 heteroatoms. The SMILES string of the molecule is COC=O.Clc1ccc(I)cc1. The molecule has 0 aliphatic carbocycles. The van der Waals surface area contributed by atoms with Gasteiger partial charge in [0.1, 0.15) is 0 Å². The Morgan fingerprint density at radius 3 is 2.08 bits per heavy atom. The van der Waals surface area contributed by atoms with Crippen LogP contribution >= 0.6 is 34.2 Å². The Labute approximate surface area is 90.0 Å². The minimum atomic E-state index is 0.375. The molecule has 0 aliphatic heterocycles. The summed E-state index contributed by atoms with van der Waals surface area (Å²) in [5.74, 6) is 0. The lowest BCUT2D eigenvalue weighted by Crippen LogP contribution is -1.68. The van der Waals surface area contributed by atoms with Crippen LogP contribution in [-0.2, 0) is 9.53 Å². The standard InChI is InChI=1S/C6H4ClI.C2H4O2/c7-5-1-3-6(8)4-2-5;1-4-2-3/h1-4H;2H,1H3. The number of carbonyl (C=O) groups is 1. The molecule has 1 aromatic rings. The molecule has 66 valence electrons. The summed E-state index contributed by atoms with van der Waals surface area (Å²) in [6, 6.07) is 7.71. The number of hydrogen-bond acceptors (Lipinski definition) is 2. The zero-order valence-corrected chi connectivity index (χ0v) is 9.37. The van der Waals surface area contributed by atoms with Crippen LogP contribution < -0.4 is 0 Å². The van der Waals surface area contributed by atoms with E-state index in [4.69, 9.17) is 16.4 Å². The van der Waals surface area contributed by atoms with Gasteiger partial charge in [-0.05, 0) is 46.9 Å². The fourth-order valence-electron chi connectivity index (χ4n) is 0.430. The second-order valence-electron chi connectivity index (χ2n) is 1.77. The van der Waals surface area contributed by atoms with E-state index in [0.29, 0.717) is 6.47 Å². The molecule has 1 rings (SSSR count). The van der Waals surface area contributed by atoms with Crippen LogP contribution in [0.5, 0.6) is 0 Å². The van der Waals surface area contributed by atoms with E-state index >= 15 is 0 Å². The molecular weight excluding hydrogens is 290 g/mol. The lowest BCUT2D eigenvalue weighted by Gasteiger charge is -1.86. The Bertz CT molecular complexity index is 202. The molecule has 0 aliphatic rings. The Hall–Kier alpha value is -0.290. The van der Waals surface area contributed by atoms with Gasteiger partial charge in [0, 0.05) is 8.59 Å². The maximum atomic E-state index is 8.95. The fourth-order valence-corrected chi connectivity index (χ4v) is 0.915. The van der Waals surface area contributed by atoms with Gasteiger partial charge in [0.25, 0.3) is 6.47 Å². The maximum absolute atomic E-state index is 8.95. The van der Waals surface area contributed by atoms with Crippen molar-refractivity contribution in [1.29, 1.82) is 0 Å². The van der Waals surface area contributed by atoms with Crippen LogP contribution in [0.25, 0.3) is 0 Å². The Morgan fingerprint density at radius 1 is 1.42 bits per heavy atom. The molecule has 12 heavy (non-hydrogen) atoms. The molecule has 0 radical (unpaired) electrons. The highest BCUT2D eigenvalue weighted by atomic mass is 127. The molecule has 0 fully saturated rings. The van der Waals surface area contributed by atoms with Gasteiger partial charge in [-0.3, -0.25) is 4.79 Å². The first kappa shape index (κ1) is 11.7. The van der Waals surface area contributed by atoms with E-state index < -0.39 is 0 Å². The van der Waals surface area contributed by atoms with Crippen LogP contribution in [0.4, 0.5) is 0 Å². The molecule has 0 atom stereocenters. The average Bonchev–Trinajstić information content (AvgIpc) is 2.11. The molecule has 1 aromatic carbocycles.